The van der Waals surface area contributed by atoms with Crippen molar-refractivity contribution in [1.29, 1.82) is 0 Å². The zero-order chi connectivity index (χ0) is 28.0. The second-order valence-corrected chi connectivity index (χ2v) is 10.2. The summed E-state index contributed by atoms with van der Waals surface area (Å²) in [6.07, 6.45) is 1.68. The SMILES string of the molecule is COc1ccc(NC(=O)N2CCC3(CC2)C(=O)N(CC(=O)NCCc2ccccc2)CN3c2ccccc2)cc1. The van der Waals surface area contributed by atoms with E-state index >= 15 is 0 Å². The van der Waals surface area contributed by atoms with Crippen molar-refractivity contribution in [2.45, 2.75) is 24.8 Å². The van der Waals surface area contributed by atoms with Crippen LogP contribution in [0.25, 0.3) is 0 Å². The molecule has 208 valence electrons. The molecule has 0 aliphatic carbocycles. The maximum atomic E-state index is 13.9. The number of ether oxygens (including phenoxy) is 1. The van der Waals surface area contributed by atoms with Crippen LogP contribution in [0.1, 0.15) is 18.4 Å². The minimum atomic E-state index is -0.803. The first-order valence-corrected chi connectivity index (χ1v) is 13.6. The van der Waals surface area contributed by atoms with Gasteiger partial charge in [0.25, 0.3) is 5.91 Å². The third-order valence-electron chi connectivity index (χ3n) is 7.71. The summed E-state index contributed by atoms with van der Waals surface area (Å²) < 4.78 is 5.18. The number of anilines is 2. The molecule has 2 heterocycles. The number of urea groups is 1. The third kappa shape index (κ3) is 5.88. The van der Waals surface area contributed by atoms with E-state index in [-0.39, 0.29) is 24.4 Å². The van der Waals surface area contributed by atoms with Gasteiger partial charge in [0.15, 0.2) is 0 Å². The van der Waals surface area contributed by atoms with E-state index in [0.717, 1.165) is 17.7 Å². The molecule has 1 spiro atoms. The summed E-state index contributed by atoms with van der Waals surface area (Å²) in [5, 5.41) is 5.89. The normalized spacial score (nSPS) is 16.2. The zero-order valence-corrected chi connectivity index (χ0v) is 22.7. The van der Waals surface area contributed by atoms with Gasteiger partial charge in [0, 0.05) is 31.0 Å². The Balaban J connectivity index is 1.23. The molecule has 3 aromatic rings. The number of nitrogens with one attached hydrogen (secondary N) is 2. The predicted molar refractivity (Wildman–Crippen MR) is 154 cm³/mol. The highest BCUT2D eigenvalue weighted by Gasteiger charge is 2.54. The van der Waals surface area contributed by atoms with Crippen molar-refractivity contribution in [1.82, 2.24) is 15.1 Å². The fourth-order valence-corrected chi connectivity index (χ4v) is 5.50. The minimum Gasteiger partial charge on any atom is -0.497 e. The molecular weight excluding hydrogens is 506 g/mol. The van der Waals surface area contributed by atoms with E-state index in [9.17, 15) is 14.4 Å². The Morgan fingerprint density at radius 2 is 1.55 bits per heavy atom. The average Bonchev–Trinajstić information content (AvgIpc) is 3.25. The van der Waals surface area contributed by atoms with Gasteiger partial charge in [-0.1, -0.05) is 48.5 Å². The summed E-state index contributed by atoms with van der Waals surface area (Å²) in [5.41, 5.74) is 1.96. The molecule has 2 saturated heterocycles. The molecule has 5 rings (SSSR count). The smallest absolute Gasteiger partial charge is 0.321 e. The first-order valence-electron chi connectivity index (χ1n) is 13.6. The lowest BCUT2D eigenvalue weighted by atomic mass is 9.85. The number of benzene rings is 3. The molecule has 0 saturated carbocycles. The van der Waals surface area contributed by atoms with Gasteiger partial charge < -0.3 is 30.1 Å². The summed E-state index contributed by atoms with van der Waals surface area (Å²) >= 11 is 0. The number of amides is 4. The predicted octanol–water partition coefficient (Wildman–Crippen LogP) is 3.73. The largest absolute Gasteiger partial charge is 0.497 e. The van der Waals surface area contributed by atoms with Crippen LogP contribution in [-0.2, 0) is 16.0 Å². The number of methoxy groups -OCH3 is 1. The van der Waals surface area contributed by atoms with Crippen molar-refractivity contribution in [3.8, 4) is 5.75 Å². The Kier molecular flexibility index (Phi) is 8.19. The molecule has 0 aromatic heterocycles. The molecule has 0 radical (unpaired) electrons. The van der Waals surface area contributed by atoms with Gasteiger partial charge in [-0.25, -0.2) is 4.79 Å². The van der Waals surface area contributed by atoms with E-state index in [1.165, 1.54) is 0 Å². The third-order valence-corrected chi connectivity index (χ3v) is 7.71. The quantitative estimate of drug-likeness (QED) is 0.453. The molecule has 2 aliphatic heterocycles. The molecule has 4 amide bonds. The number of carbonyl (C=O) groups excluding carboxylic acids is 3. The van der Waals surface area contributed by atoms with Crippen molar-refractivity contribution in [2.24, 2.45) is 0 Å². The molecule has 2 fully saturated rings. The lowest BCUT2D eigenvalue weighted by Crippen LogP contribution is -2.58. The number of hydrogen-bond donors (Lipinski definition) is 2. The van der Waals surface area contributed by atoms with Crippen LogP contribution in [-0.4, -0.2) is 73.1 Å². The topological polar surface area (TPSA) is 94.2 Å². The van der Waals surface area contributed by atoms with Crippen molar-refractivity contribution in [2.75, 3.05) is 50.2 Å². The molecule has 0 atom stereocenters. The minimum absolute atomic E-state index is 0.000374. The van der Waals surface area contributed by atoms with Crippen LogP contribution in [0.4, 0.5) is 16.2 Å². The summed E-state index contributed by atoms with van der Waals surface area (Å²) in [5.74, 6) is 0.475. The van der Waals surface area contributed by atoms with Gasteiger partial charge in [-0.15, -0.1) is 0 Å². The van der Waals surface area contributed by atoms with Gasteiger partial charge in [-0.3, -0.25) is 9.59 Å². The highest BCUT2D eigenvalue weighted by molar-refractivity contribution is 5.97. The standard InChI is InChI=1S/C31H35N5O4/c1-40-27-14-12-25(13-15-27)33-30(39)34-20-17-31(18-21-34)29(38)35(23-36(31)26-10-6-3-7-11-26)22-28(37)32-19-16-24-8-4-2-5-9-24/h2-15H,16-23H2,1H3,(H,32,37)(H,33,39). The van der Waals surface area contributed by atoms with Crippen LogP contribution in [0.15, 0.2) is 84.9 Å². The van der Waals surface area contributed by atoms with Crippen molar-refractivity contribution in [3.05, 3.63) is 90.5 Å². The van der Waals surface area contributed by atoms with E-state index in [1.54, 1.807) is 41.2 Å². The molecule has 0 unspecified atom stereocenters. The Bertz CT molecular complexity index is 1310. The molecule has 0 bridgehead atoms. The van der Waals surface area contributed by atoms with Crippen LogP contribution < -0.4 is 20.3 Å². The number of nitrogens with zero attached hydrogens (tertiary/aromatic N) is 3. The van der Waals surface area contributed by atoms with Gasteiger partial charge in [0.05, 0.1) is 13.8 Å². The Morgan fingerprint density at radius 1 is 0.900 bits per heavy atom. The van der Waals surface area contributed by atoms with Crippen molar-refractivity contribution < 1.29 is 19.1 Å². The maximum Gasteiger partial charge on any atom is 0.321 e. The molecular formula is C31H35N5O4. The van der Waals surface area contributed by atoms with Crippen LogP contribution >= 0.6 is 0 Å². The lowest BCUT2D eigenvalue weighted by molar-refractivity contribution is -0.137. The Labute approximate surface area is 234 Å². The zero-order valence-electron chi connectivity index (χ0n) is 22.7. The maximum absolute atomic E-state index is 13.9. The summed E-state index contributed by atoms with van der Waals surface area (Å²) in [6.45, 7) is 1.69. The second kappa shape index (κ2) is 12.1. The average molecular weight is 542 g/mol. The van der Waals surface area contributed by atoms with Crippen LogP contribution in [0.3, 0.4) is 0 Å². The van der Waals surface area contributed by atoms with Crippen LogP contribution in [0.2, 0.25) is 0 Å². The second-order valence-electron chi connectivity index (χ2n) is 10.2. The Morgan fingerprint density at radius 3 is 2.20 bits per heavy atom. The molecule has 2 aliphatic rings. The first kappa shape index (κ1) is 27.1. The van der Waals surface area contributed by atoms with Crippen molar-refractivity contribution in [3.63, 3.8) is 0 Å². The van der Waals surface area contributed by atoms with Gasteiger partial charge in [0.1, 0.15) is 17.8 Å². The van der Waals surface area contributed by atoms with E-state index in [1.807, 2.05) is 60.7 Å². The number of likely N-dealkylation sites (tertiary alicyclic amines) is 1. The fourth-order valence-electron chi connectivity index (χ4n) is 5.50. The van der Waals surface area contributed by atoms with Gasteiger partial charge in [-0.05, 0) is 61.2 Å². The number of piperidine rings is 1. The van der Waals surface area contributed by atoms with E-state index in [4.69, 9.17) is 4.74 Å². The fraction of sp³-hybridized carbons (Fsp3) is 0.323. The summed E-state index contributed by atoms with van der Waals surface area (Å²) in [4.78, 5) is 45.2. The van der Waals surface area contributed by atoms with Gasteiger partial charge >= 0.3 is 6.03 Å². The number of hydrogen-bond acceptors (Lipinski definition) is 5. The molecule has 9 heteroatoms. The lowest BCUT2D eigenvalue weighted by Gasteiger charge is -2.43. The van der Waals surface area contributed by atoms with Gasteiger partial charge in [0.2, 0.25) is 5.91 Å². The molecule has 2 N–H and O–H groups in total. The molecule has 3 aromatic carbocycles. The van der Waals surface area contributed by atoms with Gasteiger partial charge in [-0.2, -0.15) is 0 Å². The number of rotatable bonds is 8. The van der Waals surface area contributed by atoms with E-state index in [0.29, 0.717) is 50.6 Å². The summed E-state index contributed by atoms with van der Waals surface area (Å²) in [7, 11) is 1.60. The van der Waals surface area contributed by atoms with E-state index in [2.05, 4.69) is 15.5 Å². The highest BCUT2D eigenvalue weighted by atomic mass is 16.5. The Hall–Kier alpha value is -4.53. The van der Waals surface area contributed by atoms with E-state index < -0.39 is 5.54 Å². The van der Waals surface area contributed by atoms with Crippen LogP contribution in [0.5, 0.6) is 5.75 Å². The van der Waals surface area contributed by atoms with Crippen molar-refractivity contribution >= 4 is 29.2 Å². The number of para-hydroxylation sites is 1. The summed E-state index contributed by atoms with van der Waals surface area (Å²) in [6, 6.07) is 26.8. The highest BCUT2D eigenvalue weighted by Crippen LogP contribution is 2.39. The molecule has 40 heavy (non-hydrogen) atoms. The molecule has 9 nitrogen and oxygen atoms in total. The van der Waals surface area contributed by atoms with Crippen LogP contribution in [0, 0.1) is 0 Å². The first-order chi connectivity index (χ1) is 19.5. The number of carbonyl (C=O) groups is 3. The monoisotopic (exact) mass is 541 g/mol.